The van der Waals surface area contributed by atoms with Gasteiger partial charge in [-0.05, 0) is 25.1 Å². The quantitative estimate of drug-likeness (QED) is 0.596. The van der Waals surface area contributed by atoms with Gasteiger partial charge in [0.25, 0.3) is 15.7 Å². The number of rotatable bonds is 7. The van der Waals surface area contributed by atoms with Crippen LogP contribution in [0.25, 0.3) is 0 Å². The molecule has 0 aliphatic rings. The molecule has 8 nitrogen and oxygen atoms in total. The Balaban J connectivity index is 2.57. The highest BCUT2D eigenvalue weighted by Crippen LogP contribution is 2.30. The molecule has 2 aromatic rings. The molecule has 0 spiro atoms. The van der Waals surface area contributed by atoms with E-state index < -0.39 is 37.9 Å². The van der Waals surface area contributed by atoms with Crippen molar-refractivity contribution in [1.82, 2.24) is 0 Å². The Hall–Kier alpha value is -2.94. The zero-order valence-corrected chi connectivity index (χ0v) is 14.1. The summed E-state index contributed by atoms with van der Waals surface area (Å²) >= 11 is 0. The maximum atomic E-state index is 13.0. The molecule has 1 N–H and O–H groups in total. The first-order valence-electron chi connectivity index (χ1n) is 7.28. The molecule has 0 heterocycles. The number of hydrogen-bond acceptors (Lipinski definition) is 5. The second kappa shape index (κ2) is 7.31. The molecule has 0 amide bonds. The summed E-state index contributed by atoms with van der Waals surface area (Å²) in [4.78, 5) is 20.8. The smallest absolute Gasteiger partial charge is 0.305 e. The van der Waals surface area contributed by atoms with Crippen molar-refractivity contribution in [1.29, 1.82) is 0 Å². The molecule has 0 unspecified atom stereocenters. The summed E-state index contributed by atoms with van der Waals surface area (Å²) in [5.74, 6) is -1.17. The summed E-state index contributed by atoms with van der Waals surface area (Å²) in [6, 6.07) is 11.4. The molecule has 0 aromatic heterocycles. The number of nitro groups is 1. The minimum atomic E-state index is -4.31. The van der Waals surface area contributed by atoms with Gasteiger partial charge >= 0.3 is 5.97 Å². The predicted molar refractivity (Wildman–Crippen MR) is 91.1 cm³/mol. The summed E-state index contributed by atoms with van der Waals surface area (Å²) in [5.41, 5.74) is 0.574. The Kier molecular flexibility index (Phi) is 5.38. The van der Waals surface area contributed by atoms with E-state index in [9.17, 15) is 23.3 Å². The molecule has 132 valence electrons. The molecule has 25 heavy (non-hydrogen) atoms. The van der Waals surface area contributed by atoms with E-state index in [1.807, 2.05) is 6.92 Å². The number of sulfonamides is 1. The van der Waals surface area contributed by atoms with E-state index in [0.29, 0.717) is 0 Å². The van der Waals surface area contributed by atoms with E-state index in [1.165, 1.54) is 24.3 Å². The Morgan fingerprint density at radius 2 is 1.76 bits per heavy atom. The number of para-hydroxylation sites is 1. The highest BCUT2D eigenvalue weighted by atomic mass is 32.2. The first-order valence-corrected chi connectivity index (χ1v) is 8.72. The van der Waals surface area contributed by atoms with Crippen LogP contribution in [-0.2, 0) is 14.8 Å². The van der Waals surface area contributed by atoms with Crippen LogP contribution >= 0.6 is 0 Å². The molecule has 2 aromatic carbocycles. The largest absolute Gasteiger partial charge is 0.481 e. The fourth-order valence-corrected chi connectivity index (χ4v) is 3.87. The lowest BCUT2D eigenvalue weighted by Crippen LogP contribution is -2.33. The van der Waals surface area contributed by atoms with Crippen LogP contribution in [0.1, 0.15) is 12.0 Å². The van der Waals surface area contributed by atoms with Gasteiger partial charge in [-0.15, -0.1) is 0 Å². The van der Waals surface area contributed by atoms with E-state index >= 15 is 0 Å². The van der Waals surface area contributed by atoms with Crippen molar-refractivity contribution in [3.05, 3.63) is 64.2 Å². The van der Waals surface area contributed by atoms with Gasteiger partial charge in [-0.25, -0.2) is 8.42 Å². The summed E-state index contributed by atoms with van der Waals surface area (Å²) in [5, 5.41) is 20.1. The number of aliphatic carboxylic acids is 1. The van der Waals surface area contributed by atoms with Crippen LogP contribution in [0.3, 0.4) is 0 Å². The first-order chi connectivity index (χ1) is 11.7. The van der Waals surface area contributed by atoms with Crippen LogP contribution in [-0.4, -0.2) is 31.0 Å². The van der Waals surface area contributed by atoms with Crippen molar-refractivity contribution in [3.63, 3.8) is 0 Å². The molecule has 0 aliphatic carbocycles. The Labute approximate surface area is 144 Å². The molecule has 0 saturated heterocycles. The molecule has 0 fully saturated rings. The van der Waals surface area contributed by atoms with Gasteiger partial charge in [0.2, 0.25) is 0 Å². The second-order valence-corrected chi connectivity index (χ2v) is 7.11. The van der Waals surface area contributed by atoms with Crippen LogP contribution in [0.2, 0.25) is 0 Å². The molecule has 0 aliphatic heterocycles. The zero-order valence-electron chi connectivity index (χ0n) is 13.3. The van der Waals surface area contributed by atoms with Crippen molar-refractivity contribution in [2.75, 3.05) is 10.8 Å². The van der Waals surface area contributed by atoms with Gasteiger partial charge in [-0.1, -0.05) is 29.8 Å². The van der Waals surface area contributed by atoms with Crippen molar-refractivity contribution in [3.8, 4) is 0 Å². The van der Waals surface area contributed by atoms with E-state index in [0.717, 1.165) is 22.0 Å². The number of carboxylic acids is 1. The lowest BCUT2D eigenvalue weighted by molar-refractivity contribution is -0.387. The molecule has 0 bridgehead atoms. The van der Waals surface area contributed by atoms with Crippen molar-refractivity contribution < 1.29 is 23.2 Å². The molecule has 0 saturated carbocycles. The van der Waals surface area contributed by atoms with Gasteiger partial charge in [0, 0.05) is 12.6 Å². The Morgan fingerprint density at radius 1 is 1.16 bits per heavy atom. The van der Waals surface area contributed by atoms with Gasteiger partial charge in [-0.2, -0.15) is 0 Å². The number of nitrogens with zero attached hydrogens (tertiary/aromatic N) is 2. The summed E-state index contributed by atoms with van der Waals surface area (Å²) in [7, 11) is -4.31. The number of carbonyl (C=O) groups is 1. The third-order valence-electron chi connectivity index (χ3n) is 3.48. The normalized spacial score (nSPS) is 11.1. The van der Waals surface area contributed by atoms with Gasteiger partial charge < -0.3 is 5.11 Å². The van der Waals surface area contributed by atoms with E-state index in [1.54, 1.807) is 12.1 Å². The van der Waals surface area contributed by atoms with Crippen LogP contribution in [0, 0.1) is 17.0 Å². The third-order valence-corrected chi connectivity index (χ3v) is 5.36. The zero-order chi connectivity index (χ0) is 18.6. The van der Waals surface area contributed by atoms with Crippen LogP contribution in [0.15, 0.2) is 53.4 Å². The average molecular weight is 364 g/mol. The Bertz CT molecular complexity index is 893. The van der Waals surface area contributed by atoms with Crippen molar-refractivity contribution >= 4 is 27.4 Å². The third kappa shape index (κ3) is 4.13. The number of nitro benzene ring substituents is 1. The van der Waals surface area contributed by atoms with Crippen LogP contribution in [0.4, 0.5) is 11.4 Å². The number of carboxylic acid groups (broad SMARTS) is 1. The summed E-state index contributed by atoms with van der Waals surface area (Å²) < 4.78 is 26.8. The van der Waals surface area contributed by atoms with Crippen LogP contribution in [0.5, 0.6) is 0 Å². The fourth-order valence-electron chi connectivity index (χ4n) is 2.24. The Morgan fingerprint density at radius 3 is 2.32 bits per heavy atom. The lowest BCUT2D eigenvalue weighted by atomic mass is 10.2. The molecule has 0 radical (unpaired) electrons. The van der Waals surface area contributed by atoms with E-state index in [-0.39, 0.29) is 12.2 Å². The highest BCUT2D eigenvalue weighted by Gasteiger charge is 2.31. The average Bonchev–Trinajstić information content (AvgIpc) is 2.56. The van der Waals surface area contributed by atoms with E-state index in [2.05, 4.69) is 0 Å². The predicted octanol–water partition coefficient (Wildman–Crippen LogP) is 2.57. The second-order valence-electron chi connectivity index (χ2n) is 5.28. The monoisotopic (exact) mass is 364 g/mol. The standard InChI is InChI=1S/C16H16N2O6S/c1-12-6-8-13(9-7-12)17(11-10-16(19)20)25(23,24)15-5-3-2-4-14(15)18(21)22/h2-9H,10-11H2,1H3,(H,19,20). The van der Waals surface area contributed by atoms with Crippen molar-refractivity contribution in [2.45, 2.75) is 18.2 Å². The summed E-state index contributed by atoms with van der Waals surface area (Å²) in [6.07, 6.45) is -0.437. The SMILES string of the molecule is Cc1ccc(N(CCC(=O)O)S(=O)(=O)c2ccccc2[N+](=O)[O-])cc1. The number of hydrogen-bond donors (Lipinski definition) is 1. The van der Waals surface area contributed by atoms with E-state index in [4.69, 9.17) is 5.11 Å². The first kappa shape index (κ1) is 18.4. The topological polar surface area (TPSA) is 118 Å². The number of aryl methyl sites for hydroxylation is 1. The molecule has 0 atom stereocenters. The maximum Gasteiger partial charge on any atom is 0.305 e. The lowest BCUT2D eigenvalue weighted by Gasteiger charge is -2.24. The molecular formula is C16H16N2O6S. The molecule has 2 rings (SSSR count). The van der Waals surface area contributed by atoms with Gasteiger partial charge in [0.05, 0.1) is 17.0 Å². The van der Waals surface area contributed by atoms with Crippen molar-refractivity contribution in [2.24, 2.45) is 0 Å². The minimum absolute atomic E-state index is 0.241. The number of anilines is 1. The van der Waals surface area contributed by atoms with Crippen LogP contribution < -0.4 is 4.31 Å². The highest BCUT2D eigenvalue weighted by molar-refractivity contribution is 7.93. The maximum absolute atomic E-state index is 13.0. The molecule has 9 heteroatoms. The minimum Gasteiger partial charge on any atom is -0.481 e. The fraction of sp³-hybridized carbons (Fsp3) is 0.188. The van der Waals surface area contributed by atoms with Gasteiger partial charge in [-0.3, -0.25) is 19.2 Å². The number of benzene rings is 2. The van der Waals surface area contributed by atoms with Gasteiger partial charge in [0.15, 0.2) is 4.90 Å². The molecular weight excluding hydrogens is 348 g/mol. The summed E-state index contributed by atoms with van der Waals surface area (Å²) in [6.45, 7) is 1.48. The van der Waals surface area contributed by atoms with Gasteiger partial charge in [0.1, 0.15) is 0 Å².